The van der Waals surface area contributed by atoms with E-state index in [4.69, 9.17) is 16.7 Å². The highest BCUT2D eigenvalue weighted by molar-refractivity contribution is 6.30. The lowest BCUT2D eigenvalue weighted by Crippen LogP contribution is -2.29. The topological polar surface area (TPSA) is 45.1 Å². The average molecular weight is 229 g/mol. The summed E-state index contributed by atoms with van der Waals surface area (Å²) in [6, 6.07) is 4.20. The third kappa shape index (κ3) is 3.78. The molecule has 15 heavy (non-hydrogen) atoms. The van der Waals surface area contributed by atoms with Gasteiger partial charge >= 0.3 is 0 Å². The number of aliphatic hydroxyl groups excluding tert-OH is 1. The van der Waals surface area contributed by atoms with Crippen molar-refractivity contribution < 1.29 is 5.11 Å². The van der Waals surface area contributed by atoms with Gasteiger partial charge in [0.15, 0.2) is 0 Å². The van der Waals surface area contributed by atoms with Gasteiger partial charge in [0.25, 0.3) is 0 Å². The summed E-state index contributed by atoms with van der Waals surface area (Å²) < 4.78 is 0. The lowest BCUT2D eigenvalue weighted by atomic mass is 10.1. The lowest BCUT2D eigenvalue weighted by molar-refractivity contribution is 0.261. The lowest BCUT2D eigenvalue weighted by Gasteiger charge is -2.21. The molecule has 0 bridgehead atoms. The van der Waals surface area contributed by atoms with Crippen molar-refractivity contribution in [2.24, 2.45) is 0 Å². The molecule has 0 aliphatic rings. The number of nitrogens with one attached hydrogen (secondary N) is 1. The van der Waals surface area contributed by atoms with Crippen LogP contribution in [0, 0.1) is 0 Å². The largest absolute Gasteiger partial charge is 0.396 e. The Balaban J connectivity index is 2.83. The third-order valence-corrected chi connectivity index (χ3v) is 2.43. The molecule has 0 amide bonds. The molecule has 0 spiro atoms. The van der Waals surface area contributed by atoms with Crippen LogP contribution in [-0.4, -0.2) is 22.7 Å². The van der Waals surface area contributed by atoms with Crippen molar-refractivity contribution in [3.05, 3.63) is 29.0 Å². The highest BCUT2D eigenvalue weighted by Crippen LogP contribution is 2.23. The molecule has 2 N–H and O–H groups in total. The Morgan fingerprint density at radius 1 is 1.53 bits per heavy atom. The summed E-state index contributed by atoms with van der Waals surface area (Å²) in [6.07, 6.45) is 2.31. The van der Waals surface area contributed by atoms with Crippen LogP contribution in [0.25, 0.3) is 0 Å². The molecule has 1 aromatic rings. The molecule has 0 radical (unpaired) electrons. The molecule has 0 aliphatic heterocycles. The van der Waals surface area contributed by atoms with Gasteiger partial charge in [0.1, 0.15) is 5.15 Å². The molecule has 1 unspecified atom stereocenters. The molecule has 3 nitrogen and oxygen atoms in total. The number of halogens is 1. The van der Waals surface area contributed by atoms with Crippen LogP contribution in [0.15, 0.2) is 18.3 Å². The number of hydrogen-bond acceptors (Lipinski definition) is 3. The van der Waals surface area contributed by atoms with E-state index < -0.39 is 0 Å². The Morgan fingerprint density at radius 3 is 2.80 bits per heavy atom. The minimum absolute atomic E-state index is 0.0659. The van der Waals surface area contributed by atoms with Gasteiger partial charge in [-0.2, -0.15) is 0 Å². The van der Waals surface area contributed by atoms with E-state index >= 15 is 0 Å². The summed E-state index contributed by atoms with van der Waals surface area (Å²) in [5.74, 6) is 0. The zero-order valence-electron chi connectivity index (χ0n) is 9.07. The maximum atomic E-state index is 9.00. The van der Waals surface area contributed by atoms with Crippen LogP contribution in [-0.2, 0) is 0 Å². The fourth-order valence-electron chi connectivity index (χ4n) is 1.52. The van der Waals surface area contributed by atoms with E-state index in [-0.39, 0.29) is 12.6 Å². The molecular formula is C11H17ClN2O. The second-order valence-electron chi connectivity index (χ2n) is 3.77. The van der Waals surface area contributed by atoms with E-state index in [0.29, 0.717) is 17.6 Å². The fourth-order valence-corrected chi connectivity index (χ4v) is 1.77. The molecular weight excluding hydrogens is 212 g/mol. The van der Waals surface area contributed by atoms with E-state index in [1.807, 2.05) is 12.1 Å². The maximum absolute atomic E-state index is 9.00. The second-order valence-corrected chi connectivity index (χ2v) is 4.13. The molecule has 84 valence electrons. The van der Waals surface area contributed by atoms with Crippen LogP contribution in [0.5, 0.6) is 0 Å². The second kappa shape index (κ2) is 6.05. The van der Waals surface area contributed by atoms with Gasteiger partial charge in [0.2, 0.25) is 0 Å². The van der Waals surface area contributed by atoms with Crippen LogP contribution in [0.3, 0.4) is 0 Å². The quantitative estimate of drug-likeness (QED) is 0.760. The minimum atomic E-state index is 0.0659. The number of nitrogens with zero attached hydrogens (tertiary/aromatic N) is 1. The first-order valence-corrected chi connectivity index (χ1v) is 5.50. The Hall–Kier alpha value is -0.640. The van der Waals surface area contributed by atoms with Gasteiger partial charge in [-0.3, -0.25) is 0 Å². The predicted octanol–water partition coefficient (Wildman–Crippen LogP) is 2.16. The average Bonchev–Trinajstić information content (AvgIpc) is 2.17. The molecule has 1 atom stereocenters. The summed E-state index contributed by atoms with van der Waals surface area (Å²) in [4.78, 5) is 4.03. The van der Waals surface area contributed by atoms with Gasteiger partial charge in [0.05, 0.1) is 0 Å². The molecule has 4 heteroatoms. The van der Waals surface area contributed by atoms with Crippen molar-refractivity contribution in [1.29, 1.82) is 0 Å². The summed E-state index contributed by atoms with van der Waals surface area (Å²) in [6.45, 7) is 4.26. The molecule has 1 aromatic heterocycles. The number of aromatic nitrogens is 1. The Kier molecular flexibility index (Phi) is 5.02. The standard InChI is InChI=1S/C11H17ClN2O/c1-8(2)14-10(5-7-15)9-4-3-6-13-11(9)12/h3-4,6,8,10,14-15H,5,7H2,1-2H3. The highest BCUT2D eigenvalue weighted by atomic mass is 35.5. The summed E-state index contributed by atoms with van der Waals surface area (Å²) in [7, 11) is 0. The van der Waals surface area contributed by atoms with Crippen molar-refractivity contribution in [2.45, 2.75) is 32.4 Å². The molecule has 0 saturated carbocycles. The van der Waals surface area contributed by atoms with E-state index in [9.17, 15) is 0 Å². The van der Waals surface area contributed by atoms with Crippen molar-refractivity contribution >= 4 is 11.6 Å². The number of pyridine rings is 1. The first-order chi connectivity index (χ1) is 7.15. The number of hydrogen-bond donors (Lipinski definition) is 2. The molecule has 1 rings (SSSR count). The zero-order valence-corrected chi connectivity index (χ0v) is 9.83. The number of rotatable bonds is 5. The maximum Gasteiger partial charge on any atom is 0.133 e. The fraction of sp³-hybridized carbons (Fsp3) is 0.545. The van der Waals surface area contributed by atoms with E-state index in [1.54, 1.807) is 6.20 Å². The molecule has 1 heterocycles. The van der Waals surface area contributed by atoms with Gasteiger partial charge in [-0.25, -0.2) is 4.98 Å². The van der Waals surface area contributed by atoms with E-state index in [2.05, 4.69) is 24.1 Å². The molecule has 0 aromatic carbocycles. The minimum Gasteiger partial charge on any atom is -0.396 e. The van der Waals surface area contributed by atoms with Crippen LogP contribution in [0.4, 0.5) is 0 Å². The highest BCUT2D eigenvalue weighted by Gasteiger charge is 2.15. The smallest absolute Gasteiger partial charge is 0.133 e. The van der Waals surface area contributed by atoms with Crippen molar-refractivity contribution in [2.75, 3.05) is 6.61 Å². The predicted molar refractivity (Wildman–Crippen MR) is 62.0 cm³/mol. The zero-order chi connectivity index (χ0) is 11.3. The van der Waals surface area contributed by atoms with Crippen molar-refractivity contribution in [1.82, 2.24) is 10.3 Å². The van der Waals surface area contributed by atoms with E-state index in [0.717, 1.165) is 5.56 Å². The molecule has 0 aliphatic carbocycles. The van der Waals surface area contributed by atoms with Crippen LogP contribution in [0.2, 0.25) is 5.15 Å². The van der Waals surface area contributed by atoms with Gasteiger partial charge in [-0.05, 0) is 12.5 Å². The third-order valence-electron chi connectivity index (χ3n) is 2.12. The SMILES string of the molecule is CC(C)NC(CCO)c1cccnc1Cl. The van der Waals surface area contributed by atoms with Crippen LogP contribution < -0.4 is 5.32 Å². The first kappa shape index (κ1) is 12.4. The molecule has 0 fully saturated rings. The summed E-state index contributed by atoms with van der Waals surface area (Å²) in [5.41, 5.74) is 0.946. The monoisotopic (exact) mass is 228 g/mol. The Labute approximate surface area is 95.5 Å². The summed E-state index contributed by atoms with van der Waals surface area (Å²) in [5, 5.41) is 12.9. The van der Waals surface area contributed by atoms with Crippen LogP contribution >= 0.6 is 11.6 Å². The van der Waals surface area contributed by atoms with Gasteiger partial charge in [0, 0.05) is 30.5 Å². The number of aliphatic hydroxyl groups is 1. The Morgan fingerprint density at radius 2 is 2.27 bits per heavy atom. The van der Waals surface area contributed by atoms with Gasteiger partial charge in [-0.15, -0.1) is 0 Å². The Bertz CT molecular complexity index is 304. The normalized spacial score (nSPS) is 13.1. The van der Waals surface area contributed by atoms with Crippen molar-refractivity contribution in [3.8, 4) is 0 Å². The van der Waals surface area contributed by atoms with Crippen LogP contribution in [0.1, 0.15) is 31.9 Å². The van der Waals surface area contributed by atoms with Gasteiger partial charge in [-0.1, -0.05) is 31.5 Å². The van der Waals surface area contributed by atoms with Crippen molar-refractivity contribution in [3.63, 3.8) is 0 Å². The van der Waals surface area contributed by atoms with Gasteiger partial charge < -0.3 is 10.4 Å². The van der Waals surface area contributed by atoms with E-state index in [1.165, 1.54) is 0 Å². The summed E-state index contributed by atoms with van der Waals surface area (Å²) >= 11 is 6.01. The first-order valence-electron chi connectivity index (χ1n) is 5.12. The molecule has 0 saturated heterocycles.